The maximum Gasteiger partial charge on any atom is 0.328 e. The highest BCUT2D eigenvalue weighted by molar-refractivity contribution is 5.87. The molecule has 0 saturated carbocycles. The van der Waals surface area contributed by atoms with Gasteiger partial charge in [-0.25, -0.2) is 9.18 Å². The number of carboxylic acids is 1. The second kappa shape index (κ2) is 5.35. The van der Waals surface area contributed by atoms with Crippen molar-refractivity contribution in [1.82, 2.24) is 14.8 Å². The molecular formula is C14H13FN4O2. The predicted octanol–water partition coefficient (Wildman–Crippen LogP) is 1.54. The fraction of sp³-hybridized carbons (Fsp3) is 0.214. The predicted molar refractivity (Wildman–Crippen MR) is 74.1 cm³/mol. The number of fused-ring (bicyclic) bond motifs is 1. The van der Waals surface area contributed by atoms with E-state index in [2.05, 4.69) is 10.2 Å². The van der Waals surface area contributed by atoms with Crippen molar-refractivity contribution < 1.29 is 14.3 Å². The Hall–Kier alpha value is -2.70. The van der Waals surface area contributed by atoms with Crippen molar-refractivity contribution in [2.24, 2.45) is 0 Å². The van der Waals surface area contributed by atoms with Crippen LogP contribution in [0.3, 0.4) is 0 Å². The van der Waals surface area contributed by atoms with Gasteiger partial charge < -0.3 is 14.6 Å². The molecule has 2 aromatic rings. The fourth-order valence-corrected chi connectivity index (χ4v) is 2.39. The minimum absolute atomic E-state index is 0.271. The van der Waals surface area contributed by atoms with Crippen LogP contribution in [0.1, 0.15) is 11.4 Å². The van der Waals surface area contributed by atoms with Crippen LogP contribution in [0.25, 0.3) is 6.08 Å². The molecule has 0 atom stereocenters. The van der Waals surface area contributed by atoms with E-state index in [0.717, 1.165) is 11.9 Å². The SMILES string of the molecule is O=C(O)/C=C/c1c(F)cccc1N1CCn2cnnc2C1. The summed E-state index contributed by atoms with van der Waals surface area (Å²) in [6.45, 7) is 1.90. The van der Waals surface area contributed by atoms with Crippen molar-refractivity contribution in [2.45, 2.75) is 13.1 Å². The molecule has 0 fully saturated rings. The van der Waals surface area contributed by atoms with Crippen LogP contribution in [0, 0.1) is 5.82 Å². The standard InChI is InChI=1S/C14H13FN4O2/c15-11-2-1-3-12(10(11)4-5-14(20)21)18-6-7-19-9-16-17-13(19)8-18/h1-5,9H,6-8H2,(H,20,21)/b5-4+. The number of benzene rings is 1. The Morgan fingerprint density at radius 1 is 1.38 bits per heavy atom. The van der Waals surface area contributed by atoms with Crippen LogP contribution >= 0.6 is 0 Å². The normalized spacial score (nSPS) is 14.4. The van der Waals surface area contributed by atoms with Gasteiger partial charge in [0.15, 0.2) is 5.82 Å². The van der Waals surface area contributed by atoms with Gasteiger partial charge in [0.25, 0.3) is 0 Å². The van der Waals surface area contributed by atoms with E-state index >= 15 is 0 Å². The first-order valence-electron chi connectivity index (χ1n) is 6.46. The van der Waals surface area contributed by atoms with Gasteiger partial charge in [-0.15, -0.1) is 10.2 Å². The van der Waals surface area contributed by atoms with Crippen LogP contribution in [-0.4, -0.2) is 32.4 Å². The molecule has 7 heteroatoms. The topological polar surface area (TPSA) is 71.2 Å². The van der Waals surface area contributed by atoms with Crippen molar-refractivity contribution in [1.29, 1.82) is 0 Å². The van der Waals surface area contributed by atoms with E-state index in [0.29, 0.717) is 25.3 Å². The van der Waals surface area contributed by atoms with E-state index in [1.54, 1.807) is 18.5 Å². The molecule has 0 bridgehead atoms. The Labute approximate surface area is 120 Å². The van der Waals surface area contributed by atoms with E-state index in [1.807, 2.05) is 9.47 Å². The summed E-state index contributed by atoms with van der Waals surface area (Å²) in [6.07, 6.45) is 3.89. The zero-order valence-corrected chi connectivity index (χ0v) is 11.1. The summed E-state index contributed by atoms with van der Waals surface area (Å²) in [5.41, 5.74) is 0.926. The number of aliphatic carboxylic acids is 1. The van der Waals surface area contributed by atoms with E-state index in [9.17, 15) is 9.18 Å². The lowest BCUT2D eigenvalue weighted by Gasteiger charge is -2.30. The smallest absolute Gasteiger partial charge is 0.328 e. The van der Waals surface area contributed by atoms with Crippen molar-refractivity contribution in [2.75, 3.05) is 11.4 Å². The molecule has 1 N–H and O–H groups in total. The molecule has 6 nitrogen and oxygen atoms in total. The van der Waals surface area contributed by atoms with Gasteiger partial charge in [0.05, 0.1) is 6.54 Å². The lowest BCUT2D eigenvalue weighted by molar-refractivity contribution is -0.131. The largest absolute Gasteiger partial charge is 0.478 e. The monoisotopic (exact) mass is 288 g/mol. The highest BCUT2D eigenvalue weighted by Gasteiger charge is 2.20. The molecule has 0 unspecified atom stereocenters. The molecule has 108 valence electrons. The number of nitrogens with zero attached hydrogens (tertiary/aromatic N) is 4. The average molecular weight is 288 g/mol. The van der Waals surface area contributed by atoms with E-state index in [-0.39, 0.29) is 5.56 Å². The van der Waals surface area contributed by atoms with Crippen LogP contribution in [0.2, 0.25) is 0 Å². The number of carbonyl (C=O) groups is 1. The highest BCUT2D eigenvalue weighted by atomic mass is 19.1. The summed E-state index contributed by atoms with van der Waals surface area (Å²) < 4.78 is 15.9. The van der Waals surface area contributed by atoms with Gasteiger partial charge in [0.1, 0.15) is 12.1 Å². The third-order valence-corrected chi connectivity index (χ3v) is 3.40. The van der Waals surface area contributed by atoms with E-state index in [4.69, 9.17) is 5.11 Å². The summed E-state index contributed by atoms with van der Waals surface area (Å²) in [7, 11) is 0. The number of aromatic nitrogens is 3. The number of carboxylic acid groups (broad SMARTS) is 1. The Morgan fingerprint density at radius 2 is 2.24 bits per heavy atom. The van der Waals surface area contributed by atoms with Crippen LogP contribution in [0.4, 0.5) is 10.1 Å². The van der Waals surface area contributed by atoms with Crippen molar-refractivity contribution in [3.63, 3.8) is 0 Å². The first-order valence-corrected chi connectivity index (χ1v) is 6.46. The van der Waals surface area contributed by atoms with Crippen molar-refractivity contribution in [3.8, 4) is 0 Å². The lowest BCUT2D eigenvalue weighted by atomic mass is 10.1. The second-order valence-corrected chi connectivity index (χ2v) is 4.71. The maximum atomic E-state index is 14.0. The average Bonchev–Trinajstić information content (AvgIpc) is 2.92. The van der Waals surface area contributed by atoms with Crippen LogP contribution < -0.4 is 4.90 Å². The third kappa shape index (κ3) is 2.62. The third-order valence-electron chi connectivity index (χ3n) is 3.40. The number of halogens is 1. The molecule has 0 amide bonds. The molecule has 0 spiro atoms. The molecule has 1 aliphatic heterocycles. The second-order valence-electron chi connectivity index (χ2n) is 4.71. The summed E-state index contributed by atoms with van der Waals surface area (Å²) in [5, 5.41) is 16.6. The quantitative estimate of drug-likeness (QED) is 0.867. The molecule has 3 rings (SSSR count). The van der Waals surface area contributed by atoms with Crippen molar-refractivity contribution >= 4 is 17.7 Å². The van der Waals surface area contributed by atoms with Crippen molar-refractivity contribution in [3.05, 3.63) is 47.8 Å². The molecule has 21 heavy (non-hydrogen) atoms. The number of hydrogen-bond donors (Lipinski definition) is 1. The van der Waals surface area contributed by atoms with Gasteiger partial charge in [-0.3, -0.25) is 0 Å². The van der Waals surface area contributed by atoms with Gasteiger partial charge >= 0.3 is 5.97 Å². The first-order chi connectivity index (χ1) is 10.1. The van der Waals surface area contributed by atoms with Crippen LogP contribution in [0.5, 0.6) is 0 Å². The molecule has 0 saturated heterocycles. The van der Waals surface area contributed by atoms with Gasteiger partial charge in [-0.1, -0.05) is 6.07 Å². The summed E-state index contributed by atoms with van der Waals surface area (Å²) >= 11 is 0. The van der Waals surface area contributed by atoms with Gasteiger partial charge in [0.2, 0.25) is 0 Å². The zero-order valence-electron chi connectivity index (χ0n) is 11.1. The molecular weight excluding hydrogens is 275 g/mol. The molecule has 2 heterocycles. The van der Waals surface area contributed by atoms with Gasteiger partial charge in [-0.2, -0.15) is 0 Å². The summed E-state index contributed by atoms with van der Waals surface area (Å²) in [5.74, 6) is -0.752. The van der Waals surface area contributed by atoms with E-state index < -0.39 is 11.8 Å². The molecule has 1 aromatic carbocycles. The van der Waals surface area contributed by atoms with Crippen LogP contribution in [0.15, 0.2) is 30.6 Å². The van der Waals surface area contributed by atoms with Gasteiger partial charge in [0, 0.05) is 30.4 Å². The summed E-state index contributed by atoms with van der Waals surface area (Å²) in [6, 6.07) is 4.70. The zero-order chi connectivity index (χ0) is 14.8. The maximum absolute atomic E-state index is 14.0. The number of hydrogen-bond acceptors (Lipinski definition) is 4. The number of anilines is 1. The van der Waals surface area contributed by atoms with E-state index in [1.165, 1.54) is 12.1 Å². The molecule has 1 aromatic heterocycles. The Balaban J connectivity index is 1.96. The highest BCUT2D eigenvalue weighted by Crippen LogP contribution is 2.27. The minimum atomic E-state index is -1.11. The first kappa shape index (κ1) is 13.3. The lowest BCUT2D eigenvalue weighted by Crippen LogP contribution is -2.34. The number of rotatable bonds is 3. The summed E-state index contributed by atoms with van der Waals surface area (Å²) in [4.78, 5) is 12.6. The Bertz CT molecular complexity index is 711. The Kier molecular flexibility index (Phi) is 3.39. The van der Waals surface area contributed by atoms with Crippen LogP contribution in [-0.2, 0) is 17.9 Å². The van der Waals surface area contributed by atoms with Gasteiger partial charge in [-0.05, 0) is 18.2 Å². The molecule has 0 radical (unpaired) electrons. The Morgan fingerprint density at radius 3 is 3.05 bits per heavy atom. The molecule has 0 aliphatic carbocycles. The minimum Gasteiger partial charge on any atom is -0.478 e. The molecule has 1 aliphatic rings. The fourth-order valence-electron chi connectivity index (χ4n) is 2.39.